The lowest BCUT2D eigenvalue weighted by Gasteiger charge is -2.03. The Kier molecular flexibility index (Phi) is 3.14. The summed E-state index contributed by atoms with van der Waals surface area (Å²) in [7, 11) is 0. The first-order valence-electron chi connectivity index (χ1n) is 6.40. The maximum absolute atomic E-state index is 11.9. The number of carbonyl (C=O) groups is 1. The van der Waals surface area contributed by atoms with Crippen molar-refractivity contribution in [3.63, 3.8) is 0 Å². The largest absolute Gasteiger partial charge is 0.469 e. The SMILES string of the molecule is Cc1cc(=O)c(COC(=O)[C@@H]2C[C@H]2c2ccco2)n[nH]1. The van der Waals surface area contributed by atoms with Crippen LogP contribution in [0.2, 0.25) is 0 Å². The van der Waals surface area contributed by atoms with Gasteiger partial charge < -0.3 is 9.15 Å². The highest BCUT2D eigenvalue weighted by Crippen LogP contribution is 2.48. The van der Waals surface area contributed by atoms with Crippen LogP contribution in [0.5, 0.6) is 0 Å². The molecule has 3 rings (SSSR count). The van der Waals surface area contributed by atoms with Gasteiger partial charge in [0.2, 0.25) is 5.43 Å². The third-order valence-corrected chi connectivity index (χ3v) is 3.35. The number of aromatic amines is 1. The van der Waals surface area contributed by atoms with Gasteiger partial charge in [-0.1, -0.05) is 0 Å². The number of rotatable bonds is 4. The van der Waals surface area contributed by atoms with E-state index in [-0.39, 0.29) is 35.5 Å². The first-order valence-corrected chi connectivity index (χ1v) is 6.40. The van der Waals surface area contributed by atoms with Crippen LogP contribution >= 0.6 is 0 Å². The van der Waals surface area contributed by atoms with Crippen LogP contribution in [0.15, 0.2) is 33.7 Å². The third kappa shape index (κ3) is 2.49. The summed E-state index contributed by atoms with van der Waals surface area (Å²) < 4.78 is 10.4. The van der Waals surface area contributed by atoms with E-state index in [1.54, 1.807) is 19.3 Å². The molecule has 0 radical (unpaired) electrons. The van der Waals surface area contributed by atoms with E-state index in [1.165, 1.54) is 6.07 Å². The predicted molar refractivity (Wildman–Crippen MR) is 68.9 cm³/mol. The van der Waals surface area contributed by atoms with Crippen molar-refractivity contribution in [1.82, 2.24) is 10.2 Å². The standard InChI is InChI=1S/C14H14N2O4/c1-8-5-12(17)11(16-15-8)7-20-14(18)10-6-9(10)13-3-2-4-19-13/h2-5,9-10H,6-7H2,1H3,(H,15,17)/t9-,10-/m1/s1. The molecule has 1 saturated carbocycles. The summed E-state index contributed by atoms with van der Waals surface area (Å²) in [5.41, 5.74) is 0.650. The minimum Gasteiger partial charge on any atom is -0.469 e. The quantitative estimate of drug-likeness (QED) is 0.854. The zero-order valence-electron chi connectivity index (χ0n) is 11.0. The fraction of sp³-hybridized carbons (Fsp3) is 0.357. The lowest BCUT2D eigenvalue weighted by molar-refractivity contribution is -0.146. The Morgan fingerprint density at radius 1 is 1.60 bits per heavy atom. The minimum absolute atomic E-state index is 0.0989. The van der Waals surface area contributed by atoms with E-state index in [0.29, 0.717) is 5.69 Å². The number of aromatic nitrogens is 2. The maximum atomic E-state index is 11.9. The maximum Gasteiger partial charge on any atom is 0.310 e. The summed E-state index contributed by atoms with van der Waals surface area (Å²) in [5, 5.41) is 6.55. The molecule has 6 nitrogen and oxygen atoms in total. The minimum atomic E-state index is -0.312. The Hall–Kier alpha value is -2.37. The molecule has 2 aromatic rings. The molecule has 0 spiro atoms. The van der Waals surface area contributed by atoms with Gasteiger partial charge in [0.1, 0.15) is 18.1 Å². The van der Waals surface area contributed by atoms with E-state index >= 15 is 0 Å². The van der Waals surface area contributed by atoms with Gasteiger partial charge in [0.15, 0.2) is 0 Å². The van der Waals surface area contributed by atoms with Crippen LogP contribution in [0, 0.1) is 12.8 Å². The highest BCUT2D eigenvalue weighted by atomic mass is 16.5. The highest BCUT2D eigenvalue weighted by molar-refractivity contribution is 5.77. The van der Waals surface area contributed by atoms with Gasteiger partial charge in [-0.25, -0.2) is 0 Å². The van der Waals surface area contributed by atoms with Gasteiger partial charge in [-0.3, -0.25) is 14.7 Å². The second kappa shape index (κ2) is 4.96. The van der Waals surface area contributed by atoms with Crippen LogP contribution in [0.1, 0.15) is 29.5 Å². The van der Waals surface area contributed by atoms with Gasteiger partial charge in [0, 0.05) is 17.7 Å². The Labute approximate surface area is 114 Å². The Morgan fingerprint density at radius 2 is 2.45 bits per heavy atom. The number of hydrogen-bond acceptors (Lipinski definition) is 5. The van der Waals surface area contributed by atoms with Gasteiger partial charge in [-0.2, -0.15) is 5.10 Å². The summed E-state index contributed by atoms with van der Waals surface area (Å²) in [6.45, 7) is 1.64. The van der Waals surface area contributed by atoms with E-state index in [0.717, 1.165) is 12.2 Å². The molecule has 20 heavy (non-hydrogen) atoms. The Balaban J connectivity index is 1.57. The summed E-state index contributed by atoms with van der Waals surface area (Å²) in [4.78, 5) is 23.5. The number of furan rings is 1. The summed E-state index contributed by atoms with van der Waals surface area (Å²) in [6, 6.07) is 5.08. The second-order valence-corrected chi connectivity index (χ2v) is 4.93. The van der Waals surface area contributed by atoms with Crippen molar-refractivity contribution in [2.24, 2.45) is 5.92 Å². The molecule has 1 N–H and O–H groups in total. The van der Waals surface area contributed by atoms with Crippen molar-refractivity contribution in [1.29, 1.82) is 0 Å². The number of ether oxygens (including phenoxy) is 1. The fourth-order valence-corrected chi connectivity index (χ4v) is 2.15. The van der Waals surface area contributed by atoms with Crippen molar-refractivity contribution >= 4 is 5.97 Å². The zero-order chi connectivity index (χ0) is 14.1. The van der Waals surface area contributed by atoms with Crippen molar-refractivity contribution in [2.45, 2.75) is 25.9 Å². The molecule has 0 amide bonds. The van der Waals surface area contributed by atoms with Crippen LogP contribution in [-0.4, -0.2) is 16.2 Å². The van der Waals surface area contributed by atoms with Gasteiger partial charge in [-0.15, -0.1) is 0 Å². The molecule has 2 atom stereocenters. The van der Waals surface area contributed by atoms with Crippen LogP contribution in [0.4, 0.5) is 0 Å². The van der Waals surface area contributed by atoms with E-state index in [4.69, 9.17) is 9.15 Å². The molecule has 1 aliphatic carbocycles. The predicted octanol–water partition coefficient (Wildman–Crippen LogP) is 1.52. The number of H-pyrrole nitrogens is 1. The van der Waals surface area contributed by atoms with Crippen molar-refractivity contribution < 1.29 is 13.9 Å². The Bertz CT molecular complexity index is 675. The lowest BCUT2D eigenvalue weighted by Crippen LogP contribution is -2.17. The third-order valence-electron chi connectivity index (χ3n) is 3.35. The molecule has 2 heterocycles. The monoisotopic (exact) mass is 274 g/mol. The average Bonchev–Trinajstić information content (AvgIpc) is 3.04. The van der Waals surface area contributed by atoms with E-state index in [9.17, 15) is 9.59 Å². The van der Waals surface area contributed by atoms with E-state index in [2.05, 4.69) is 10.2 Å². The molecule has 6 heteroatoms. The molecular weight excluding hydrogens is 260 g/mol. The number of aryl methyl sites for hydroxylation is 1. The molecule has 0 unspecified atom stereocenters. The van der Waals surface area contributed by atoms with Crippen LogP contribution < -0.4 is 5.43 Å². The normalized spacial score (nSPS) is 20.6. The first-order chi connectivity index (χ1) is 9.65. The zero-order valence-corrected chi connectivity index (χ0v) is 11.0. The van der Waals surface area contributed by atoms with Gasteiger partial charge in [-0.05, 0) is 25.5 Å². The molecule has 104 valence electrons. The molecule has 1 aliphatic rings. The number of carbonyl (C=O) groups excluding carboxylic acids is 1. The summed E-state index contributed by atoms with van der Waals surface area (Å²) >= 11 is 0. The summed E-state index contributed by atoms with van der Waals surface area (Å²) in [5.74, 6) is 0.416. The first kappa shape index (κ1) is 12.7. The second-order valence-electron chi connectivity index (χ2n) is 4.93. The molecule has 0 aliphatic heterocycles. The molecule has 0 aromatic carbocycles. The fourth-order valence-electron chi connectivity index (χ4n) is 2.15. The average molecular weight is 274 g/mol. The van der Waals surface area contributed by atoms with E-state index < -0.39 is 0 Å². The van der Waals surface area contributed by atoms with Crippen molar-refractivity contribution in [3.05, 3.63) is 51.8 Å². The molecule has 1 fully saturated rings. The number of nitrogens with one attached hydrogen (secondary N) is 1. The molecule has 2 aromatic heterocycles. The van der Waals surface area contributed by atoms with Crippen LogP contribution in [0.3, 0.4) is 0 Å². The summed E-state index contributed by atoms with van der Waals surface area (Å²) in [6.07, 6.45) is 2.32. The van der Waals surface area contributed by atoms with Gasteiger partial charge in [0.05, 0.1) is 12.2 Å². The van der Waals surface area contributed by atoms with Crippen molar-refractivity contribution in [3.8, 4) is 0 Å². The Morgan fingerprint density at radius 3 is 3.15 bits per heavy atom. The van der Waals surface area contributed by atoms with Gasteiger partial charge in [0.25, 0.3) is 0 Å². The van der Waals surface area contributed by atoms with Crippen LogP contribution in [-0.2, 0) is 16.1 Å². The topological polar surface area (TPSA) is 85.2 Å². The smallest absolute Gasteiger partial charge is 0.310 e. The number of hydrogen-bond donors (Lipinski definition) is 1. The van der Waals surface area contributed by atoms with Crippen LogP contribution in [0.25, 0.3) is 0 Å². The molecule has 0 saturated heterocycles. The van der Waals surface area contributed by atoms with E-state index in [1.807, 2.05) is 6.07 Å². The number of esters is 1. The van der Waals surface area contributed by atoms with Gasteiger partial charge >= 0.3 is 5.97 Å². The number of nitrogens with zero attached hydrogens (tertiary/aromatic N) is 1. The molecule has 0 bridgehead atoms. The highest BCUT2D eigenvalue weighted by Gasteiger charge is 2.47. The van der Waals surface area contributed by atoms with Crippen molar-refractivity contribution in [2.75, 3.05) is 0 Å². The lowest BCUT2D eigenvalue weighted by atomic mass is 10.2. The molecular formula is C14H14N2O4.